The van der Waals surface area contributed by atoms with Gasteiger partial charge in [0.05, 0.1) is 16.2 Å². The largest absolute Gasteiger partial charge is 0.309 e. The molecule has 92 valence electrons. The maximum atomic E-state index is 4.53. The lowest BCUT2D eigenvalue weighted by Crippen LogP contribution is -2.23. The second-order valence-electron chi connectivity index (χ2n) is 3.97. The third-order valence-corrected chi connectivity index (χ3v) is 4.23. The summed E-state index contributed by atoms with van der Waals surface area (Å²) in [7, 11) is 0. The molecule has 3 nitrogen and oxygen atoms in total. The van der Waals surface area contributed by atoms with Gasteiger partial charge >= 0.3 is 0 Å². The first-order valence-electron chi connectivity index (χ1n) is 5.82. The highest BCUT2D eigenvalue weighted by molar-refractivity contribution is 7.10. The van der Waals surface area contributed by atoms with Gasteiger partial charge in [-0.1, -0.05) is 6.92 Å². The van der Waals surface area contributed by atoms with Crippen molar-refractivity contribution >= 4 is 22.7 Å². The topological polar surface area (TPSA) is 37.8 Å². The van der Waals surface area contributed by atoms with Crippen LogP contribution in [0.5, 0.6) is 0 Å². The van der Waals surface area contributed by atoms with E-state index in [-0.39, 0.29) is 0 Å². The van der Waals surface area contributed by atoms with Crippen molar-refractivity contribution in [2.45, 2.75) is 32.7 Å². The number of hydrogen-bond acceptors (Lipinski definition) is 5. The van der Waals surface area contributed by atoms with E-state index in [2.05, 4.69) is 34.5 Å². The van der Waals surface area contributed by atoms with Crippen molar-refractivity contribution in [1.82, 2.24) is 15.3 Å². The van der Waals surface area contributed by atoms with Gasteiger partial charge in [0, 0.05) is 28.9 Å². The zero-order chi connectivity index (χ0) is 12.1. The lowest BCUT2D eigenvalue weighted by atomic mass is 10.1. The average Bonchev–Trinajstić information content (AvgIpc) is 2.95. The predicted octanol–water partition coefficient (Wildman–Crippen LogP) is 3.19. The molecule has 0 aliphatic carbocycles. The van der Waals surface area contributed by atoms with Crippen LogP contribution in [-0.2, 0) is 6.42 Å². The molecule has 0 aliphatic heterocycles. The second-order valence-corrected chi connectivity index (χ2v) is 5.95. The molecule has 1 unspecified atom stereocenters. The van der Waals surface area contributed by atoms with E-state index < -0.39 is 0 Å². The molecule has 5 heteroatoms. The molecule has 1 atom stereocenters. The van der Waals surface area contributed by atoms with Crippen molar-refractivity contribution in [2.24, 2.45) is 0 Å². The van der Waals surface area contributed by atoms with Crippen LogP contribution in [0.15, 0.2) is 17.1 Å². The van der Waals surface area contributed by atoms with Crippen molar-refractivity contribution in [1.29, 1.82) is 0 Å². The lowest BCUT2D eigenvalue weighted by Gasteiger charge is -2.15. The minimum Gasteiger partial charge on any atom is -0.309 e. The van der Waals surface area contributed by atoms with Crippen LogP contribution >= 0.6 is 22.7 Å². The molecule has 0 aliphatic rings. The van der Waals surface area contributed by atoms with Crippen molar-refractivity contribution in [3.05, 3.63) is 32.7 Å². The molecule has 2 aromatic rings. The Bertz CT molecular complexity index is 436. The summed E-state index contributed by atoms with van der Waals surface area (Å²) >= 11 is 3.43. The van der Waals surface area contributed by atoms with Gasteiger partial charge in [0.15, 0.2) is 0 Å². The maximum Gasteiger partial charge on any atom is 0.0897 e. The van der Waals surface area contributed by atoms with Crippen LogP contribution in [0, 0.1) is 6.92 Å². The molecule has 0 radical (unpaired) electrons. The molecule has 0 saturated carbocycles. The van der Waals surface area contributed by atoms with Crippen LogP contribution in [0.4, 0.5) is 0 Å². The molecule has 17 heavy (non-hydrogen) atoms. The molecule has 2 rings (SSSR count). The number of aryl methyl sites for hydroxylation is 1. The Morgan fingerprint density at radius 1 is 1.41 bits per heavy atom. The molecule has 0 bridgehead atoms. The Balaban J connectivity index is 2.05. The molecule has 2 aromatic heterocycles. The Morgan fingerprint density at radius 3 is 2.88 bits per heavy atom. The third kappa shape index (κ3) is 3.59. The number of hydrogen-bond donors (Lipinski definition) is 1. The van der Waals surface area contributed by atoms with Crippen LogP contribution < -0.4 is 5.32 Å². The van der Waals surface area contributed by atoms with Crippen molar-refractivity contribution in [2.75, 3.05) is 6.54 Å². The molecule has 0 amide bonds. The minimum atomic E-state index is 0.351. The number of thiazole rings is 2. The normalized spacial score (nSPS) is 12.8. The summed E-state index contributed by atoms with van der Waals surface area (Å²) < 4.78 is 0. The van der Waals surface area contributed by atoms with Crippen molar-refractivity contribution < 1.29 is 0 Å². The highest BCUT2D eigenvalue weighted by atomic mass is 32.1. The molecule has 1 N–H and O–H groups in total. The smallest absolute Gasteiger partial charge is 0.0897 e. The highest BCUT2D eigenvalue weighted by Gasteiger charge is 2.14. The minimum absolute atomic E-state index is 0.351. The predicted molar refractivity (Wildman–Crippen MR) is 73.7 cm³/mol. The molecule has 0 fully saturated rings. The molecular formula is C12H17N3S2. The van der Waals surface area contributed by atoms with Gasteiger partial charge in [0.1, 0.15) is 0 Å². The zero-order valence-electron chi connectivity index (χ0n) is 10.1. The fourth-order valence-electron chi connectivity index (χ4n) is 1.70. The van der Waals surface area contributed by atoms with Crippen LogP contribution in [0.25, 0.3) is 0 Å². The number of rotatable bonds is 6. The molecule has 0 aromatic carbocycles. The number of nitrogens with one attached hydrogen (secondary N) is 1. The van der Waals surface area contributed by atoms with Crippen molar-refractivity contribution in [3.8, 4) is 0 Å². The first-order valence-corrected chi connectivity index (χ1v) is 7.58. The van der Waals surface area contributed by atoms with Gasteiger partial charge in [-0.2, -0.15) is 0 Å². The summed E-state index contributed by atoms with van der Waals surface area (Å²) in [6.45, 7) is 5.27. The Morgan fingerprint density at radius 2 is 2.29 bits per heavy atom. The third-order valence-electron chi connectivity index (χ3n) is 2.52. The maximum absolute atomic E-state index is 4.53. The summed E-state index contributed by atoms with van der Waals surface area (Å²) in [5.74, 6) is 0. The van der Waals surface area contributed by atoms with E-state index in [4.69, 9.17) is 0 Å². The van der Waals surface area contributed by atoms with E-state index in [1.54, 1.807) is 22.7 Å². The van der Waals surface area contributed by atoms with E-state index in [1.165, 1.54) is 10.6 Å². The molecule has 0 spiro atoms. The van der Waals surface area contributed by atoms with E-state index in [0.717, 1.165) is 24.4 Å². The van der Waals surface area contributed by atoms with Gasteiger partial charge in [0.2, 0.25) is 0 Å². The average molecular weight is 267 g/mol. The fraction of sp³-hybridized carbons (Fsp3) is 0.500. The summed E-state index contributed by atoms with van der Waals surface area (Å²) in [6, 6.07) is 0.351. The highest BCUT2D eigenvalue weighted by Crippen LogP contribution is 2.22. The van der Waals surface area contributed by atoms with Gasteiger partial charge < -0.3 is 5.32 Å². The van der Waals surface area contributed by atoms with Crippen LogP contribution in [0.2, 0.25) is 0 Å². The van der Waals surface area contributed by atoms with Gasteiger partial charge in [-0.05, 0) is 19.9 Å². The number of aromatic nitrogens is 2. The zero-order valence-corrected chi connectivity index (χ0v) is 11.8. The summed E-state index contributed by atoms with van der Waals surface area (Å²) in [5, 5.41) is 6.85. The summed E-state index contributed by atoms with van der Waals surface area (Å²) in [6.07, 6.45) is 4.05. The Labute approximate surface area is 110 Å². The quantitative estimate of drug-likeness (QED) is 0.873. The number of nitrogens with zero attached hydrogens (tertiary/aromatic N) is 2. The molecule has 0 saturated heterocycles. The SMILES string of the molecule is CCCNC(Cc1csc(C)n1)c1cncs1. The summed E-state index contributed by atoms with van der Waals surface area (Å²) in [5.41, 5.74) is 3.07. The summed E-state index contributed by atoms with van der Waals surface area (Å²) in [4.78, 5) is 9.99. The van der Waals surface area contributed by atoms with E-state index >= 15 is 0 Å². The van der Waals surface area contributed by atoms with E-state index in [0.29, 0.717) is 6.04 Å². The fourth-order valence-corrected chi connectivity index (χ4v) is 3.02. The van der Waals surface area contributed by atoms with Crippen LogP contribution in [-0.4, -0.2) is 16.5 Å². The van der Waals surface area contributed by atoms with Crippen LogP contribution in [0.1, 0.15) is 35.0 Å². The van der Waals surface area contributed by atoms with Gasteiger partial charge in [-0.15, -0.1) is 22.7 Å². The molecule has 2 heterocycles. The first kappa shape index (κ1) is 12.7. The lowest BCUT2D eigenvalue weighted by molar-refractivity contribution is 0.531. The first-order chi connectivity index (χ1) is 8.29. The Hall–Kier alpha value is -0.780. The van der Waals surface area contributed by atoms with E-state index in [9.17, 15) is 0 Å². The van der Waals surface area contributed by atoms with Crippen molar-refractivity contribution in [3.63, 3.8) is 0 Å². The van der Waals surface area contributed by atoms with Crippen LogP contribution in [0.3, 0.4) is 0 Å². The molecular weight excluding hydrogens is 250 g/mol. The second kappa shape index (κ2) is 6.23. The monoisotopic (exact) mass is 267 g/mol. The Kier molecular flexibility index (Phi) is 4.65. The van der Waals surface area contributed by atoms with Gasteiger partial charge in [-0.3, -0.25) is 4.98 Å². The van der Waals surface area contributed by atoms with Gasteiger partial charge in [-0.25, -0.2) is 4.98 Å². The van der Waals surface area contributed by atoms with E-state index in [1.807, 2.05) is 11.7 Å². The standard InChI is InChI=1S/C12H17N3S2/c1-3-4-14-11(12-6-13-8-17-12)5-10-7-16-9(2)15-10/h6-8,11,14H,3-5H2,1-2H3. The van der Waals surface area contributed by atoms with Gasteiger partial charge in [0.25, 0.3) is 0 Å².